The Morgan fingerprint density at radius 2 is 2.24 bits per heavy atom. The van der Waals surface area contributed by atoms with E-state index in [4.69, 9.17) is 0 Å². The molecule has 1 saturated carbocycles. The number of hydrogen-bond donors (Lipinski definition) is 1. The summed E-state index contributed by atoms with van der Waals surface area (Å²) in [6.45, 7) is 2.72. The number of nitrogens with zero attached hydrogens (tertiary/aromatic N) is 4. The van der Waals surface area contributed by atoms with Crippen LogP contribution < -0.4 is 10.9 Å². The van der Waals surface area contributed by atoms with Gasteiger partial charge in [0.25, 0.3) is 11.5 Å². The molecule has 0 aliphatic heterocycles. The van der Waals surface area contributed by atoms with E-state index in [1.54, 1.807) is 7.05 Å². The Balaban J connectivity index is 1.85. The molecule has 7 heteroatoms. The lowest BCUT2D eigenvalue weighted by molar-refractivity contribution is 0.102. The molecule has 0 aromatic carbocycles. The quantitative estimate of drug-likeness (QED) is 0.913. The summed E-state index contributed by atoms with van der Waals surface area (Å²) in [5, 5.41) is 6.84. The van der Waals surface area contributed by atoms with Crippen molar-refractivity contribution in [3.63, 3.8) is 0 Å². The summed E-state index contributed by atoms with van der Waals surface area (Å²) >= 11 is 0. The standard InChI is InChI=1S/C14H17N5O2/c1-3-19-11(9-4-5-9)8-10(17-19)13(20)16-12-14(21)18(2)7-6-15-12/h6-9H,3-5H2,1-2H3,(H,15,16,20). The number of hydrogen-bond acceptors (Lipinski definition) is 4. The fourth-order valence-corrected chi connectivity index (χ4v) is 2.26. The predicted molar refractivity (Wildman–Crippen MR) is 77.3 cm³/mol. The van der Waals surface area contributed by atoms with E-state index in [-0.39, 0.29) is 11.4 Å². The molecule has 0 atom stereocenters. The Morgan fingerprint density at radius 3 is 2.90 bits per heavy atom. The summed E-state index contributed by atoms with van der Waals surface area (Å²) < 4.78 is 3.21. The molecule has 1 aliphatic carbocycles. The zero-order chi connectivity index (χ0) is 15.0. The van der Waals surface area contributed by atoms with E-state index in [1.165, 1.54) is 17.0 Å². The number of aryl methyl sites for hydroxylation is 2. The van der Waals surface area contributed by atoms with Crippen LogP contribution in [0.3, 0.4) is 0 Å². The van der Waals surface area contributed by atoms with Gasteiger partial charge in [0.1, 0.15) is 0 Å². The summed E-state index contributed by atoms with van der Waals surface area (Å²) in [5.74, 6) is 0.130. The minimum Gasteiger partial charge on any atom is -0.314 e. The molecular weight excluding hydrogens is 270 g/mol. The summed E-state index contributed by atoms with van der Waals surface area (Å²) in [4.78, 5) is 28.0. The van der Waals surface area contributed by atoms with Crippen molar-refractivity contribution in [3.8, 4) is 0 Å². The van der Waals surface area contributed by atoms with Crippen molar-refractivity contribution >= 4 is 11.7 Å². The van der Waals surface area contributed by atoms with Crippen LogP contribution in [-0.2, 0) is 13.6 Å². The zero-order valence-corrected chi connectivity index (χ0v) is 12.0. The van der Waals surface area contributed by atoms with Gasteiger partial charge in [0.2, 0.25) is 0 Å². The predicted octanol–water partition coefficient (Wildman–Crippen LogP) is 1.13. The Hall–Kier alpha value is -2.44. The second-order valence-corrected chi connectivity index (χ2v) is 5.19. The fraction of sp³-hybridized carbons (Fsp3) is 0.429. The lowest BCUT2D eigenvalue weighted by Gasteiger charge is -2.03. The number of amides is 1. The fourth-order valence-electron chi connectivity index (χ4n) is 2.26. The Labute approximate surface area is 121 Å². The summed E-state index contributed by atoms with van der Waals surface area (Å²) in [6.07, 6.45) is 5.30. The number of nitrogens with one attached hydrogen (secondary N) is 1. The van der Waals surface area contributed by atoms with Crippen LogP contribution >= 0.6 is 0 Å². The van der Waals surface area contributed by atoms with Crippen molar-refractivity contribution < 1.29 is 4.79 Å². The van der Waals surface area contributed by atoms with Crippen molar-refractivity contribution in [2.45, 2.75) is 32.2 Å². The molecule has 1 fully saturated rings. The van der Waals surface area contributed by atoms with Crippen LogP contribution in [-0.4, -0.2) is 25.2 Å². The second-order valence-electron chi connectivity index (χ2n) is 5.19. The Kier molecular flexibility index (Phi) is 3.32. The highest BCUT2D eigenvalue weighted by Gasteiger charge is 2.29. The smallest absolute Gasteiger partial charge is 0.293 e. The number of carbonyl (C=O) groups is 1. The van der Waals surface area contributed by atoms with Crippen molar-refractivity contribution in [1.82, 2.24) is 19.3 Å². The van der Waals surface area contributed by atoms with Gasteiger partial charge in [-0.25, -0.2) is 4.98 Å². The summed E-state index contributed by atoms with van der Waals surface area (Å²) in [5.41, 5.74) is 1.08. The van der Waals surface area contributed by atoms with E-state index in [2.05, 4.69) is 15.4 Å². The molecule has 1 aliphatic rings. The monoisotopic (exact) mass is 287 g/mol. The first-order valence-electron chi connectivity index (χ1n) is 7.01. The zero-order valence-electron chi connectivity index (χ0n) is 12.0. The largest absolute Gasteiger partial charge is 0.314 e. The van der Waals surface area contributed by atoms with Crippen LogP contribution in [0.15, 0.2) is 23.3 Å². The van der Waals surface area contributed by atoms with Crippen molar-refractivity contribution in [3.05, 3.63) is 40.2 Å². The minimum atomic E-state index is -0.403. The third-order valence-electron chi connectivity index (χ3n) is 3.59. The van der Waals surface area contributed by atoms with E-state index >= 15 is 0 Å². The maximum atomic E-state index is 12.2. The van der Waals surface area contributed by atoms with Crippen LogP contribution in [0.5, 0.6) is 0 Å². The topological polar surface area (TPSA) is 81.8 Å². The van der Waals surface area contributed by atoms with Crippen LogP contribution in [0.1, 0.15) is 41.9 Å². The highest BCUT2D eigenvalue weighted by atomic mass is 16.2. The third-order valence-corrected chi connectivity index (χ3v) is 3.59. The van der Waals surface area contributed by atoms with E-state index in [0.717, 1.165) is 25.1 Å². The van der Waals surface area contributed by atoms with Gasteiger partial charge in [-0.05, 0) is 25.8 Å². The van der Waals surface area contributed by atoms with Gasteiger partial charge in [0, 0.05) is 37.6 Å². The maximum Gasteiger partial charge on any atom is 0.293 e. The van der Waals surface area contributed by atoms with Gasteiger partial charge < -0.3 is 9.88 Å². The van der Waals surface area contributed by atoms with Gasteiger partial charge in [-0.15, -0.1) is 0 Å². The van der Waals surface area contributed by atoms with Gasteiger partial charge in [-0.3, -0.25) is 14.3 Å². The van der Waals surface area contributed by atoms with Crippen LogP contribution in [0.25, 0.3) is 0 Å². The molecule has 0 unspecified atom stereocenters. The van der Waals surface area contributed by atoms with Crippen LogP contribution in [0.4, 0.5) is 5.82 Å². The molecule has 0 radical (unpaired) electrons. The van der Waals surface area contributed by atoms with E-state index in [9.17, 15) is 9.59 Å². The molecular formula is C14H17N5O2. The van der Waals surface area contributed by atoms with Gasteiger partial charge in [0.05, 0.1) is 0 Å². The molecule has 2 aromatic rings. The molecule has 3 rings (SSSR count). The molecule has 2 heterocycles. The number of rotatable bonds is 4. The van der Waals surface area contributed by atoms with E-state index < -0.39 is 5.91 Å². The number of carbonyl (C=O) groups excluding carboxylic acids is 1. The van der Waals surface area contributed by atoms with Crippen LogP contribution in [0.2, 0.25) is 0 Å². The molecule has 21 heavy (non-hydrogen) atoms. The number of anilines is 1. The first kappa shape index (κ1) is 13.5. The molecule has 1 amide bonds. The van der Waals surface area contributed by atoms with E-state index in [0.29, 0.717) is 11.6 Å². The normalized spacial score (nSPS) is 14.2. The average Bonchev–Trinajstić information content (AvgIpc) is 3.22. The molecule has 1 N–H and O–H groups in total. The lowest BCUT2D eigenvalue weighted by Crippen LogP contribution is -2.25. The first-order valence-corrected chi connectivity index (χ1v) is 7.01. The van der Waals surface area contributed by atoms with E-state index in [1.807, 2.05) is 17.7 Å². The van der Waals surface area contributed by atoms with Crippen molar-refractivity contribution in [2.24, 2.45) is 7.05 Å². The van der Waals surface area contributed by atoms with Crippen molar-refractivity contribution in [1.29, 1.82) is 0 Å². The molecule has 0 saturated heterocycles. The van der Waals surface area contributed by atoms with Gasteiger partial charge in [-0.2, -0.15) is 5.10 Å². The van der Waals surface area contributed by atoms with Gasteiger partial charge in [0.15, 0.2) is 11.5 Å². The minimum absolute atomic E-state index is 0.0176. The van der Waals surface area contributed by atoms with Gasteiger partial charge >= 0.3 is 0 Å². The molecule has 110 valence electrons. The first-order chi connectivity index (χ1) is 10.1. The highest BCUT2D eigenvalue weighted by molar-refractivity contribution is 6.02. The molecule has 0 spiro atoms. The van der Waals surface area contributed by atoms with Gasteiger partial charge in [-0.1, -0.05) is 0 Å². The summed E-state index contributed by atoms with van der Waals surface area (Å²) in [6, 6.07) is 1.81. The Bertz CT molecular complexity index is 742. The van der Waals surface area contributed by atoms with Crippen LogP contribution in [0, 0.1) is 0 Å². The van der Waals surface area contributed by atoms with Crippen molar-refractivity contribution in [2.75, 3.05) is 5.32 Å². The average molecular weight is 287 g/mol. The molecule has 2 aromatic heterocycles. The molecule has 0 bridgehead atoms. The molecule has 7 nitrogen and oxygen atoms in total. The second kappa shape index (κ2) is 5.16. The lowest BCUT2D eigenvalue weighted by atomic mass is 10.2. The Morgan fingerprint density at radius 1 is 1.48 bits per heavy atom. The highest BCUT2D eigenvalue weighted by Crippen LogP contribution is 2.40. The summed E-state index contributed by atoms with van der Waals surface area (Å²) in [7, 11) is 1.61. The third kappa shape index (κ3) is 2.58. The number of aromatic nitrogens is 4. The maximum absolute atomic E-state index is 12.2. The SMILES string of the molecule is CCn1nc(C(=O)Nc2nccn(C)c2=O)cc1C1CC1.